The van der Waals surface area contributed by atoms with Gasteiger partial charge in [-0.3, -0.25) is 0 Å². The van der Waals surface area contributed by atoms with Crippen molar-refractivity contribution in [2.75, 3.05) is 0 Å². The largest absolute Gasteiger partial charge is 0.457 e. The SMILES string of the molecule is CCC(CC)C(Cl)c1ccc(Oc2ccccc2)cc1. The molecule has 0 aliphatic heterocycles. The maximum atomic E-state index is 6.54. The summed E-state index contributed by atoms with van der Waals surface area (Å²) in [5, 5.41) is 0.0794. The number of halogens is 1. The van der Waals surface area contributed by atoms with Crippen LogP contribution in [0, 0.1) is 5.92 Å². The predicted molar refractivity (Wildman–Crippen MR) is 85.6 cm³/mol. The molecule has 2 aromatic carbocycles. The number of para-hydroxylation sites is 1. The summed E-state index contributed by atoms with van der Waals surface area (Å²) in [6.07, 6.45) is 2.21. The lowest BCUT2D eigenvalue weighted by Crippen LogP contribution is -2.05. The Labute approximate surface area is 126 Å². The molecule has 1 unspecified atom stereocenters. The summed E-state index contributed by atoms with van der Waals surface area (Å²) < 4.78 is 5.78. The predicted octanol–water partition coefficient (Wildman–Crippen LogP) is 6.20. The lowest BCUT2D eigenvalue weighted by atomic mass is 9.94. The first-order chi connectivity index (χ1) is 9.74. The average molecular weight is 289 g/mol. The molecular weight excluding hydrogens is 268 g/mol. The second kappa shape index (κ2) is 7.35. The van der Waals surface area contributed by atoms with Crippen LogP contribution in [0.5, 0.6) is 11.5 Å². The van der Waals surface area contributed by atoms with Gasteiger partial charge in [0.1, 0.15) is 11.5 Å². The standard InChI is InChI=1S/C18H21ClO/c1-3-14(4-2)18(19)15-10-12-17(13-11-15)20-16-8-6-5-7-9-16/h5-14,18H,3-4H2,1-2H3. The third-order valence-electron chi connectivity index (χ3n) is 3.64. The van der Waals surface area contributed by atoms with Crippen molar-refractivity contribution < 1.29 is 4.74 Å². The molecule has 0 bridgehead atoms. The molecule has 1 nitrogen and oxygen atoms in total. The molecule has 0 amide bonds. The summed E-state index contributed by atoms with van der Waals surface area (Å²) in [5.41, 5.74) is 1.17. The van der Waals surface area contributed by atoms with E-state index in [9.17, 15) is 0 Å². The van der Waals surface area contributed by atoms with Crippen molar-refractivity contribution in [3.8, 4) is 11.5 Å². The van der Waals surface area contributed by atoms with Crippen LogP contribution in [-0.4, -0.2) is 0 Å². The highest BCUT2D eigenvalue weighted by Gasteiger charge is 2.17. The molecular formula is C18H21ClO. The topological polar surface area (TPSA) is 9.23 Å². The van der Waals surface area contributed by atoms with Crippen molar-refractivity contribution in [3.63, 3.8) is 0 Å². The van der Waals surface area contributed by atoms with E-state index in [0.717, 1.165) is 24.3 Å². The van der Waals surface area contributed by atoms with Gasteiger partial charge < -0.3 is 4.74 Å². The second-order valence-corrected chi connectivity index (χ2v) is 5.43. The first-order valence-electron chi connectivity index (χ1n) is 7.21. The molecule has 20 heavy (non-hydrogen) atoms. The third-order valence-corrected chi connectivity index (χ3v) is 4.25. The van der Waals surface area contributed by atoms with E-state index >= 15 is 0 Å². The molecule has 0 spiro atoms. The highest BCUT2D eigenvalue weighted by atomic mass is 35.5. The van der Waals surface area contributed by atoms with Crippen LogP contribution in [0.25, 0.3) is 0 Å². The van der Waals surface area contributed by atoms with Crippen molar-refractivity contribution in [3.05, 3.63) is 60.2 Å². The fourth-order valence-electron chi connectivity index (χ4n) is 2.32. The molecule has 0 N–H and O–H groups in total. The van der Waals surface area contributed by atoms with Gasteiger partial charge in [-0.05, 0) is 35.7 Å². The number of alkyl halides is 1. The zero-order chi connectivity index (χ0) is 14.4. The van der Waals surface area contributed by atoms with Crippen molar-refractivity contribution in [1.82, 2.24) is 0 Å². The summed E-state index contributed by atoms with van der Waals surface area (Å²) in [4.78, 5) is 0. The number of rotatable bonds is 6. The van der Waals surface area contributed by atoms with Gasteiger partial charge in [-0.25, -0.2) is 0 Å². The van der Waals surface area contributed by atoms with Gasteiger partial charge in [0.15, 0.2) is 0 Å². The van der Waals surface area contributed by atoms with Gasteiger partial charge in [-0.15, -0.1) is 11.6 Å². The number of hydrogen-bond acceptors (Lipinski definition) is 1. The van der Waals surface area contributed by atoms with E-state index in [4.69, 9.17) is 16.3 Å². The summed E-state index contributed by atoms with van der Waals surface area (Å²) in [6.45, 7) is 4.38. The van der Waals surface area contributed by atoms with Gasteiger partial charge in [-0.1, -0.05) is 57.0 Å². The Morgan fingerprint density at radius 2 is 1.40 bits per heavy atom. The van der Waals surface area contributed by atoms with Crippen LogP contribution in [0.4, 0.5) is 0 Å². The van der Waals surface area contributed by atoms with Crippen LogP contribution in [-0.2, 0) is 0 Å². The second-order valence-electron chi connectivity index (χ2n) is 4.96. The zero-order valence-corrected chi connectivity index (χ0v) is 12.8. The van der Waals surface area contributed by atoms with Crippen molar-refractivity contribution >= 4 is 11.6 Å². The Kier molecular flexibility index (Phi) is 5.49. The minimum Gasteiger partial charge on any atom is -0.457 e. The molecule has 1 atom stereocenters. The van der Waals surface area contributed by atoms with E-state index in [1.54, 1.807) is 0 Å². The van der Waals surface area contributed by atoms with E-state index in [0.29, 0.717) is 5.92 Å². The van der Waals surface area contributed by atoms with Gasteiger partial charge in [0, 0.05) is 0 Å². The third kappa shape index (κ3) is 3.77. The molecule has 0 fully saturated rings. The Balaban J connectivity index is 2.06. The molecule has 106 valence electrons. The van der Waals surface area contributed by atoms with Crippen molar-refractivity contribution in [1.29, 1.82) is 0 Å². The van der Waals surface area contributed by atoms with E-state index in [2.05, 4.69) is 26.0 Å². The van der Waals surface area contributed by atoms with Gasteiger partial charge in [0.25, 0.3) is 0 Å². The van der Waals surface area contributed by atoms with Crippen molar-refractivity contribution in [2.45, 2.75) is 32.1 Å². The van der Waals surface area contributed by atoms with Gasteiger partial charge in [0.05, 0.1) is 5.38 Å². The van der Waals surface area contributed by atoms with Crippen LogP contribution < -0.4 is 4.74 Å². The molecule has 0 radical (unpaired) electrons. The fraction of sp³-hybridized carbons (Fsp3) is 0.333. The smallest absolute Gasteiger partial charge is 0.127 e. The number of benzene rings is 2. The Hall–Kier alpha value is -1.47. The normalized spacial score (nSPS) is 12.4. The quantitative estimate of drug-likeness (QED) is 0.575. The highest BCUT2D eigenvalue weighted by molar-refractivity contribution is 6.21. The monoisotopic (exact) mass is 288 g/mol. The van der Waals surface area contributed by atoms with Crippen LogP contribution in [0.1, 0.15) is 37.6 Å². The molecule has 2 rings (SSSR count). The van der Waals surface area contributed by atoms with Gasteiger partial charge in [-0.2, -0.15) is 0 Å². The molecule has 0 aliphatic carbocycles. The van der Waals surface area contributed by atoms with Crippen LogP contribution in [0.3, 0.4) is 0 Å². The maximum Gasteiger partial charge on any atom is 0.127 e. The molecule has 2 heteroatoms. The molecule has 0 aromatic heterocycles. The fourth-order valence-corrected chi connectivity index (χ4v) is 2.82. The lowest BCUT2D eigenvalue weighted by Gasteiger charge is -2.19. The Morgan fingerprint density at radius 1 is 0.850 bits per heavy atom. The van der Waals surface area contributed by atoms with Crippen LogP contribution in [0.2, 0.25) is 0 Å². The minimum absolute atomic E-state index is 0.0794. The van der Waals surface area contributed by atoms with Gasteiger partial charge >= 0.3 is 0 Å². The Bertz CT molecular complexity index is 503. The molecule has 2 aromatic rings. The summed E-state index contributed by atoms with van der Waals surface area (Å²) in [5.74, 6) is 2.22. The maximum absolute atomic E-state index is 6.54. The molecule has 0 heterocycles. The van der Waals surface area contributed by atoms with Crippen LogP contribution in [0.15, 0.2) is 54.6 Å². The van der Waals surface area contributed by atoms with Crippen LogP contribution >= 0.6 is 11.6 Å². The molecule has 0 saturated heterocycles. The number of hydrogen-bond donors (Lipinski definition) is 0. The summed E-state index contributed by atoms with van der Waals surface area (Å²) in [6, 6.07) is 17.9. The lowest BCUT2D eigenvalue weighted by molar-refractivity contribution is 0.471. The minimum atomic E-state index is 0.0794. The van der Waals surface area contributed by atoms with Gasteiger partial charge in [0.2, 0.25) is 0 Å². The van der Waals surface area contributed by atoms with E-state index in [1.165, 1.54) is 5.56 Å². The molecule has 0 saturated carbocycles. The first kappa shape index (κ1) is 14.9. The zero-order valence-electron chi connectivity index (χ0n) is 12.1. The summed E-state index contributed by atoms with van der Waals surface area (Å²) >= 11 is 6.54. The van der Waals surface area contributed by atoms with E-state index in [1.807, 2.05) is 42.5 Å². The summed E-state index contributed by atoms with van der Waals surface area (Å²) in [7, 11) is 0. The van der Waals surface area contributed by atoms with Crippen molar-refractivity contribution in [2.24, 2.45) is 5.92 Å². The molecule has 0 aliphatic rings. The van der Waals surface area contributed by atoms with E-state index < -0.39 is 0 Å². The van der Waals surface area contributed by atoms with E-state index in [-0.39, 0.29) is 5.38 Å². The first-order valence-corrected chi connectivity index (χ1v) is 7.65. The highest BCUT2D eigenvalue weighted by Crippen LogP contribution is 2.34. The Morgan fingerprint density at radius 3 is 1.95 bits per heavy atom. The average Bonchev–Trinajstić information content (AvgIpc) is 2.50. The number of ether oxygens (including phenoxy) is 1.